The first-order valence-corrected chi connectivity index (χ1v) is 23.8. The number of rotatable bonds is 7. The Morgan fingerprint density at radius 1 is 0.698 bits per heavy atom. The molecule has 0 radical (unpaired) electrons. The van der Waals surface area contributed by atoms with Crippen LogP contribution in [-0.2, 0) is 33.2 Å². The lowest BCUT2D eigenvalue weighted by atomic mass is 9.31. The molecule has 9 rings (SSSR count). The second-order valence-electron chi connectivity index (χ2n) is 22.9. The van der Waals surface area contributed by atoms with Gasteiger partial charge in [0.2, 0.25) is 0 Å². The van der Waals surface area contributed by atoms with Gasteiger partial charge in [-0.3, -0.25) is 0 Å². The van der Waals surface area contributed by atoms with Gasteiger partial charge in [0.05, 0.1) is 43.7 Å². The van der Waals surface area contributed by atoms with E-state index in [4.69, 9.17) is 33.2 Å². The monoisotopic (exact) mass is 897 g/mol. The Morgan fingerprint density at radius 2 is 1.37 bits per heavy atom. The van der Waals surface area contributed by atoms with Crippen LogP contribution in [-0.4, -0.2) is 170 Å². The van der Waals surface area contributed by atoms with Crippen molar-refractivity contribution in [3.05, 3.63) is 12.2 Å². The molecule has 16 heteroatoms. The average Bonchev–Trinajstić information content (AvgIpc) is 3.54. The Morgan fingerprint density at radius 3 is 2.06 bits per heavy atom. The number of allylic oxidation sites excluding steroid dienone is 1. The summed E-state index contributed by atoms with van der Waals surface area (Å²) in [5.41, 5.74) is -1.67. The van der Waals surface area contributed by atoms with Gasteiger partial charge in [0, 0.05) is 16.7 Å². The number of aliphatic hydroxyl groups is 9. The van der Waals surface area contributed by atoms with Gasteiger partial charge in [-0.2, -0.15) is 0 Å². The molecule has 9 N–H and O–H groups in total. The third-order valence-electron chi connectivity index (χ3n) is 19.8. The summed E-state index contributed by atoms with van der Waals surface area (Å²) in [5.74, 6) is 1.64. The topological polar surface area (TPSA) is 247 Å². The molecule has 0 aromatic carbocycles. The van der Waals surface area contributed by atoms with Crippen molar-refractivity contribution >= 4 is 0 Å². The molecule has 63 heavy (non-hydrogen) atoms. The number of hydrogen-bond donors (Lipinski definition) is 9. The molecule has 360 valence electrons. The standard InChI is InChI=1S/C47H76O16/c1-21-9-15-46-20-58-47(38(46)22(21)2)16-11-27-43(6)13-12-29(42(4,5)26(43)10-14-44(27,7)45(47,8)17-28(46)50)61-40-36(33(54)30(51)23(3)59-40)63-41-37(34(55)32(53)25(18-48)60-41)62-39-35(56)31(52)24(49)19-57-39/h11,16,21-41,48-56H,9-10,12-15,17-20H2,1-8H3/t21-,22+,23-,24-,25-,26+,27-,28-,29+,30+,31+,32-,33+,34+,35-,36-,37-,38-,39+,40+,41+,43+,44-,45+,46?,47?/m1/s1. The van der Waals surface area contributed by atoms with E-state index in [1.54, 1.807) is 6.92 Å². The van der Waals surface area contributed by atoms with E-state index in [1.807, 2.05) is 0 Å². The van der Waals surface area contributed by atoms with Crippen LogP contribution in [0.15, 0.2) is 12.2 Å². The van der Waals surface area contributed by atoms with Crippen LogP contribution < -0.4 is 0 Å². The molecule has 4 aliphatic heterocycles. The van der Waals surface area contributed by atoms with Crippen LogP contribution in [0.1, 0.15) is 100 Å². The molecule has 8 fully saturated rings. The Bertz CT molecular complexity index is 1720. The molecule has 4 heterocycles. The van der Waals surface area contributed by atoms with Gasteiger partial charge in [-0.25, -0.2) is 0 Å². The van der Waals surface area contributed by atoms with Crippen LogP contribution in [0.25, 0.3) is 0 Å². The van der Waals surface area contributed by atoms with E-state index in [0.717, 1.165) is 38.5 Å². The van der Waals surface area contributed by atoms with Crippen LogP contribution >= 0.6 is 0 Å². The van der Waals surface area contributed by atoms with Gasteiger partial charge >= 0.3 is 0 Å². The highest BCUT2D eigenvalue weighted by atomic mass is 16.8. The van der Waals surface area contributed by atoms with Crippen LogP contribution in [0.4, 0.5) is 0 Å². The first kappa shape index (κ1) is 47.2. The molecule has 2 unspecified atom stereocenters. The predicted molar refractivity (Wildman–Crippen MR) is 222 cm³/mol. The average molecular weight is 897 g/mol. The highest BCUT2D eigenvalue weighted by molar-refractivity contribution is 5.36. The van der Waals surface area contributed by atoms with Crippen molar-refractivity contribution in [3.63, 3.8) is 0 Å². The Balaban J connectivity index is 0.978. The molecule has 4 saturated carbocycles. The summed E-state index contributed by atoms with van der Waals surface area (Å²) in [5, 5.41) is 98.1. The van der Waals surface area contributed by atoms with Crippen molar-refractivity contribution < 1.29 is 79.1 Å². The van der Waals surface area contributed by atoms with Crippen molar-refractivity contribution in [3.8, 4) is 0 Å². The van der Waals surface area contributed by atoms with Crippen LogP contribution in [0.2, 0.25) is 0 Å². The van der Waals surface area contributed by atoms with E-state index in [-0.39, 0.29) is 39.4 Å². The van der Waals surface area contributed by atoms with Gasteiger partial charge in [0.25, 0.3) is 0 Å². The van der Waals surface area contributed by atoms with E-state index in [0.29, 0.717) is 24.9 Å². The third kappa shape index (κ3) is 6.58. The maximum absolute atomic E-state index is 12.2. The third-order valence-corrected chi connectivity index (χ3v) is 19.8. The second kappa shape index (κ2) is 16.1. The SMILES string of the molecule is C[C@H]1[C@H](C)CCC23COC4(C=C[C@@H]5[C@@]6(C)CC[C@H](O[C@@H]7O[C@H](C)[C@H](O)[C@H](O)[C@H]7O[C@@H]7O[C@H](CO)[C@@H](O)[C@H](O)[C@H]7O[C@@H]7OC[C@@H](O)[C@H](O)[C@H]7O)C(C)(C)[C@@H]6CC[C@@]5(C)[C@]4(C)C[C@H]2O)[C@H]13. The molecule has 0 aromatic heterocycles. The highest BCUT2D eigenvalue weighted by Gasteiger charge is 2.79. The smallest absolute Gasteiger partial charge is 0.187 e. The molecule has 0 aromatic rings. The summed E-state index contributed by atoms with van der Waals surface area (Å²) in [4.78, 5) is 0. The molecular weight excluding hydrogens is 821 g/mol. The quantitative estimate of drug-likeness (QED) is 0.128. The van der Waals surface area contributed by atoms with Gasteiger partial charge in [-0.1, -0.05) is 60.6 Å². The fourth-order valence-electron chi connectivity index (χ4n) is 15.8. The zero-order valence-corrected chi connectivity index (χ0v) is 38.2. The normalized spacial score (nSPS) is 59.8. The largest absolute Gasteiger partial charge is 0.394 e. The lowest BCUT2D eigenvalue weighted by Crippen LogP contribution is -2.73. The van der Waals surface area contributed by atoms with Gasteiger partial charge < -0.3 is 79.1 Å². The fourth-order valence-corrected chi connectivity index (χ4v) is 15.8. The van der Waals surface area contributed by atoms with Crippen molar-refractivity contribution in [1.82, 2.24) is 0 Å². The summed E-state index contributed by atoms with van der Waals surface area (Å²) >= 11 is 0. The van der Waals surface area contributed by atoms with E-state index < -0.39 is 122 Å². The van der Waals surface area contributed by atoms with Crippen LogP contribution in [0.3, 0.4) is 0 Å². The summed E-state index contributed by atoms with van der Waals surface area (Å²) in [6, 6.07) is 0. The molecule has 26 atom stereocenters. The maximum atomic E-state index is 12.2. The number of ether oxygens (including phenoxy) is 7. The molecule has 16 nitrogen and oxygen atoms in total. The van der Waals surface area contributed by atoms with Crippen LogP contribution in [0.5, 0.6) is 0 Å². The van der Waals surface area contributed by atoms with Crippen LogP contribution in [0, 0.1) is 56.7 Å². The first-order chi connectivity index (χ1) is 29.5. The molecule has 1 spiro atoms. The predicted octanol–water partition coefficient (Wildman–Crippen LogP) is 1.12. The minimum absolute atomic E-state index is 0.139. The molecule has 5 aliphatic carbocycles. The van der Waals surface area contributed by atoms with Gasteiger partial charge in [-0.05, 0) is 91.8 Å². The lowest BCUT2D eigenvalue weighted by molar-refractivity contribution is -0.393. The zero-order chi connectivity index (χ0) is 45.6. The molecule has 9 aliphatic rings. The second-order valence-corrected chi connectivity index (χ2v) is 22.9. The molecule has 4 saturated heterocycles. The fraction of sp³-hybridized carbons (Fsp3) is 0.957. The molecule has 0 amide bonds. The molecule has 2 bridgehead atoms. The van der Waals surface area contributed by atoms with Crippen molar-refractivity contribution in [1.29, 1.82) is 0 Å². The summed E-state index contributed by atoms with van der Waals surface area (Å²) in [6.45, 7) is 17.6. The lowest BCUT2D eigenvalue weighted by Gasteiger charge is -2.73. The summed E-state index contributed by atoms with van der Waals surface area (Å²) in [7, 11) is 0. The van der Waals surface area contributed by atoms with Gasteiger partial charge in [0.15, 0.2) is 18.9 Å². The van der Waals surface area contributed by atoms with Crippen molar-refractivity contribution in [2.75, 3.05) is 19.8 Å². The Hall–Kier alpha value is -0.900. The summed E-state index contributed by atoms with van der Waals surface area (Å²) < 4.78 is 44.0. The van der Waals surface area contributed by atoms with E-state index in [9.17, 15) is 46.0 Å². The van der Waals surface area contributed by atoms with Gasteiger partial charge in [-0.15, -0.1) is 0 Å². The van der Waals surface area contributed by atoms with E-state index >= 15 is 0 Å². The molecular formula is C47H76O16. The maximum Gasteiger partial charge on any atom is 0.187 e. The van der Waals surface area contributed by atoms with E-state index in [2.05, 4.69) is 60.6 Å². The van der Waals surface area contributed by atoms with E-state index in [1.165, 1.54) is 0 Å². The highest BCUT2D eigenvalue weighted by Crippen LogP contribution is 2.79. The van der Waals surface area contributed by atoms with Gasteiger partial charge in [0.1, 0.15) is 61.0 Å². The number of hydrogen-bond acceptors (Lipinski definition) is 16. The zero-order valence-electron chi connectivity index (χ0n) is 38.2. The number of aliphatic hydroxyl groups excluding tert-OH is 9. The van der Waals surface area contributed by atoms with Crippen molar-refractivity contribution in [2.45, 2.75) is 204 Å². The number of fused-ring (bicyclic) bond motifs is 4. The minimum Gasteiger partial charge on any atom is -0.394 e. The minimum atomic E-state index is -1.78. The Kier molecular flexibility index (Phi) is 12.1. The van der Waals surface area contributed by atoms with Crippen molar-refractivity contribution in [2.24, 2.45) is 56.7 Å². The summed E-state index contributed by atoms with van der Waals surface area (Å²) in [6.07, 6.45) is -10.7. The first-order valence-electron chi connectivity index (χ1n) is 23.8. The Labute approximate surface area is 371 Å².